The number of nitrogens with one attached hydrogen (secondary N) is 1. The molecule has 1 saturated heterocycles. The Kier molecular flexibility index (Phi) is 6.67. The Bertz CT molecular complexity index is 427. The molecule has 130 valence electrons. The van der Waals surface area contributed by atoms with Gasteiger partial charge in [0.2, 0.25) is 11.8 Å². The Morgan fingerprint density at radius 2 is 1.61 bits per heavy atom. The molecular weight excluding hydrogens is 298 g/mol. The van der Waals surface area contributed by atoms with E-state index in [1.54, 1.807) is 16.7 Å². The second kappa shape index (κ2) is 8.74. The fourth-order valence-corrected chi connectivity index (χ4v) is 3.13. The maximum Gasteiger partial charge on any atom is 0.409 e. The molecule has 1 aliphatic heterocycles. The second-order valence-electron chi connectivity index (χ2n) is 6.15. The van der Waals surface area contributed by atoms with Crippen LogP contribution in [0.25, 0.3) is 0 Å². The molecule has 0 atom stereocenters. The Labute approximate surface area is 137 Å². The van der Waals surface area contributed by atoms with Crippen LogP contribution in [0.15, 0.2) is 0 Å². The normalized spacial score (nSPS) is 19.3. The predicted octanol–water partition coefficient (Wildman–Crippen LogP) is 1.13. The standard InChI is InChI=1S/C16H27N3O4/c1-2-23-16(22)19-10-8-18(9-11-19)15(21)12-14(20)17-13-6-4-3-5-7-13/h13H,2-12H2,1H3,(H,17,20). The number of ether oxygens (including phenoxy) is 1. The van der Waals surface area contributed by atoms with Crippen molar-refractivity contribution in [2.45, 2.75) is 51.5 Å². The number of carbonyl (C=O) groups excluding carboxylic acids is 3. The van der Waals surface area contributed by atoms with Crippen LogP contribution in [0, 0.1) is 0 Å². The molecule has 3 amide bonds. The van der Waals surface area contributed by atoms with Gasteiger partial charge in [0.25, 0.3) is 0 Å². The van der Waals surface area contributed by atoms with Crippen LogP contribution in [0.1, 0.15) is 45.4 Å². The SMILES string of the molecule is CCOC(=O)N1CCN(C(=O)CC(=O)NC2CCCCC2)CC1. The molecule has 0 aromatic heterocycles. The van der Waals surface area contributed by atoms with Crippen LogP contribution in [0.5, 0.6) is 0 Å². The van der Waals surface area contributed by atoms with Crippen molar-refractivity contribution in [3.8, 4) is 0 Å². The van der Waals surface area contributed by atoms with Gasteiger partial charge in [-0.1, -0.05) is 19.3 Å². The van der Waals surface area contributed by atoms with E-state index in [9.17, 15) is 14.4 Å². The zero-order chi connectivity index (χ0) is 16.7. The van der Waals surface area contributed by atoms with Crippen LogP contribution in [0.2, 0.25) is 0 Å². The lowest BCUT2D eigenvalue weighted by atomic mass is 9.95. The Morgan fingerprint density at radius 3 is 2.22 bits per heavy atom. The predicted molar refractivity (Wildman–Crippen MR) is 84.8 cm³/mol. The lowest BCUT2D eigenvalue weighted by Crippen LogP contribution is -2.51. The van der Waals surface area contributed by atoms with Crippen molar-refractivity contribution in [1.82, 2.24) is 15.1 Å². The highest BCUT2D eigenvalue weighted by Gasteiger charge is 2.26. The first-order valence-corrected chi connectivity index (χ1v) is 8.59. The van der Waals surface area contributed by atoms with E-state index < -0.39 is 0 Å². The molecule has 2 fully saturated rings. The summed E-state index contributed by atoms with van der Waals surface area (Å²) in [5, 5.41) is 2.96. The summed E-state index contributed by atoms with van der Waals surface area (Å²) in [6, 6.07) is 0.227. The van der Waals surface area contributed by atoms with Crippen LogP contribution in [-0.2, 0) is 14.3 Å². The van der Waals surface area contributed by atoms with Crippen LogP contribution >= 0.6 is 0 Å². The zero-order valence-corrected chi connectivity index (χ0v) is 13.9. The van der Waals surface area contributed by atoms with Crippen molar-refractivity contribution in [3.63, 3.8) is 0 Å². The van der Waals surface area contributed by atoms with Gasteiger partial charge < -0.3 is 19.9 Å². The summed E-state index contributed by atoms with van der Waals surface area (Å²) >= 11 is 0. The Morgan fingerprint density at radius 1 is 1.00 bits per heavy atom. The lowest BCUT2D eigenvalue weighted by molar-refractivity contribution is -0.137. The number of hydrogen-bond donors (Lipinski definition) is 1. The summed E-state index contributed by atoms with van der Waals surface area (Å²) in [5.41, 5.74) is 0. The molecule has 7 heteroatoms. The van der Waals surface area contributed by atoms with Crippen molar-refractivity contribution in [3.05, 3.63) is 0 Å². The highest BCUT2D eigenvalue weighted by Crippen LogP contribution is 2.17. The Balaban J connectivity index is 1.70. The second-order valence-corrected chi connectivity index (χ2v) is 6.15. The van der Waals surface area contributed by atoms with Crippen LogP contribution in [-0.4, -0.2) is 66.5 Å². The Hall–Kier alpha value is -1.79. The molecule has 1 heterocycles. The average molecular weight is 325 g/mol. The van der Waals surface area contributed by atoms with Crippen molar-refractivity contribution < 1.29 is 19.1 Å². The third-order valence-electron chi connectivity index (χ3n) is 4.44. The smallest absolute Gasteiger partial charge is 0.409 e. The summed E-state index contributed by atoms with van der Waals surface area (Å²) in [7, 11) is 0. The first-order valence-electron chi connectivity index (χ1n) is 8.59. The van der Waals surface area contributed by atoms with Gasteiger partial charge in [-0.2, -0.15) is 0 Å². The van der Waals surface area contributed by atoms with Gasteiger partial charge in [-0.05, 0) is 19.8 Å². The van der Waals surface area contributed by atoms with Gasteiger partial charge in [-0.25, -0.2) is 4.79 Å². The molecule has 0 aromatic carbocycles. The van der Waals surface area contributed by atoms with Gasteiger partial charge in [0, 0.05) is 32.2 Å². The van der Waals surface area contributed by atoms with E-state index in [-0.39, 0.29) is 30.4 Å². The van der Waals surface area contributed by atoms with E-state index in [4.69, 9.17) is 4.74 Å². The highest BCUT2D eigenvalue weighted by molar-refractivity contribution is 5.97. The molecule has 23 heavy (non-hydrogen) atoms. The molecule has 0 spiro atoms. The molecule has 1 N–H and O–H groups in total. The van der Waals surface area contributed by atoms with E-state index in [0.29, 0.717) is 32.8 Å². The van der Waals surface area contributed by atoms with Gasteiger partial charge in [0.05, 0.1) is 6.61 Å². The first kappa shape index (κ1) is 17.6. The number of rotatable bonds is 4. The van der Waals surface area contributed by atoms with E-state index in [1.165, 1.54) is 6.42 Å². The highest BCUT2D eigenvalue weighted by atomic mass is 16.6. The fraction of sp³-hybridized carbons (Fsp3) is 0.812. The minimum absolute atomic E-state index is 0.101. The average Bonchev–Trinajstić information content (AvgIpc) is 2.56. The first-order chi connectivity index (χ1) is 11.1. The molecule has 2 rings (SSSR count). The number of amides is 3. The summed E-state index contributed by atoms with van der Waals surface area (Å²) in [5.74, 6) is -0.350. The van der Waals surface area contributed by atoms with Gasteiger partial charge in [0.15, 0.2) is 0 Å². The van der Waals surface area contributed by atoms with Gasteiger partial charge in [-0.3, -0.25) is 9.59 Å². The molecule has 0 bridgehead atoms. The van der Waals surface area contributed by atoms with Crippen molar-refractivity contribution in [1.29, 1.82) is 0 Å². The molecule has 1 aliphatic carbocycles. The van der Waals surface area contributed by atoms with Crippen molar-refractivity contribution >= 4 is 17.9 Å². The molecule has 0 aromatic rings. The summed E-state index contributed by atoms with van der Waals surface area (Å²) in [4.78, 5) is 39.0. The van der Waals surface area contributed by atoms with Gasteiger partial charge in [0.1, 0.15) is 6.42 Å². The lowest BCUT2D eigenvalue weighted by Gasteiger charge is -2.34. The molecule has 7 nitrogen and oxygen atoms in total. The zero-order valence-electron chi connectivity index (χ0n) is 13.9. The summed E-state index contributed by atoms with van der Waals surface area (Å²) < 4.78 is 4.95. The summed E-state index contributed by atoms with van der Waals surface area (Å²) in [6.07, 6.45) is 5.11. The molecule has 2 aliphatic rings. The van der Waals surface area contributed by atoms with E-state index in [1.807, 2.05) is 0 Å². The van der Waals surface area contributed by atoms with E-state index >= 15 is 0 Å². The molecule has 0 radical (unpaired) electrons. The largest absolute Gasteiger partial charge is 0.450 e. The molecular formula is C16H27N3O4. The topological polar surface area (TPSA) is 79.0 Å². The monoisotopic (exact) mass is 325 g/mol. The number of piperazine rings is 1. The maximum absolute atomic E-state index is 12.2. The number of nitrogens with zero attached hydrogens (tertiary/aromatic N) is 2. The van der Waals surface area contributed by atoms with E-state index in [0.717, 1.165) is 25.7 Å². The third kappa shape index (κ3) is 5.41. The van der Waals surface area contributed by atoms with Crippen molar-refractivity contribution in [2.75, 3.05) is 32.8 Å². The number of carbonyl (C=O) groups is 3. The molecule has 1 saturated carbocycles. The van der Waals surface area contributed by atoms with Crippen LogP contribution in [0.3, 0.4) is 0 Å². The van der Waals surface area contributed by atoms with Crippen molar-refractivity contribution in [2.24, 2.45) is 0 Å². The third-order valence-corrected chi connectivity index (χ3v) is 4.44. The van der Waals surface area contributed by atoms with Gasteiger partial charge >= 0.3 is 6.09 Å². The van der Waals surface area contributed by atoms with E-state index in [2.05, 4.69) is 5.32 Å². The van der Waals surface area contributed by atoms with Gasteiger partial charge in [-0.15, -0.1) is 0 Å². The minimum atomic E-state index is -0.338. The maximum atomic E-state index is 12.2. The van der Waals surface area contributed by atoms with Crippen LogP contribution < -0.4 is 5.32 Å². The number of hydrogen-bond acceptors (Lipinski definition) is 4. The van der Waals surface area contributed by atoms with Crippen LogP contribution in [0.4, 0.5) is 4.79 Å². The molecule has 0 unspecified atom stereocenters. The fourth-order valence-electron chi connectivity index (χ4n) is 3.13. The summed E-state index contributed by atoms with van der Waals surface area (Å²) in [6.45, 7) is 3.92. The minimum Gasteiger partial charge on any atom is -0.450 e. The quantitative estimate of drug-likeness (QED) is 0.786.